The van der Waals surface area contributed by atoms with Gasteiger partial charge in [0, 0.05) is 23.7 Å². The minimum absolute atomic E-state index is 0.0169. The number of halogens is 1. The highest BCUT2D eigenvalue weighted by Gasteiger charge is 2.49. The van der Waals surface area contributed by atoms with Gasteiger partial charge < -0.3 is 9.80 Å². The van der Waals surface area contributed by atoms with Gasteiger partial charge in [-0.15, -0.1) is 0 Å². The van der Waals surface area contributed by atoms with Crippen LogP contribution in [0.3, 0.4) is 0 Å². The highest BCUT2D eigenvalue weighted by atomic mass is 35.5. The molecule has 3 atom stereocenters. The summed E-state index contributed by atoms with van der Waals surface area (Å²) in [4.78, 5) is 35.7. The van der Waals surface area contributed by atoms with E-state index in [9.17, 15) is 9.59 Å². The first-order valence-corrected chi connectivity index (χ1v) is 10.9. The first kappa shape index (κ1) is 19.4. The van der Waals surface area contributed by atoms with Gasteiger partial charge in [0.1, 0.15) is 6.04 Å². The molecule has 3 fully saturated rings. The monoisotopic (exact) mass is 425 g/mol. The fourth-order valence-electron chi connectivity index (χ4n) is 4.70. The van der Waals surface area contributed by atoms with Gasteiger partial charge >= 0.3 is 6.03 Å². The fraction of sp³-hybridized carbons (Fsp3) is 0.391. The molecule has 2 aromatic rings. The predicted molar refractivity (Wildman–Crippen MR) is 112 cm³/mol. The molecule has 30 heavy (non-hydrogen) atoms. The maximum atomic E-state index is 13.5. The summed E-state index contributed by atoms with van der Waals surface area (Å²) in [6, 6.07) is 16.7. The summed E-state index contributed by atoms with van der Waals surface area (Å²) in [5.41, 5.74) is 2.00. The Kier molecular flexibility index (Phi) is 5.13. The topological polar surface area (TPSA) is 56.2 Å². The number of hydrogen-bond acceptors (Lipinski definition) is 3. The highest BCUT2D eigenvalue weighted by Crippen LogP contribution is 2.40. The zero-order chi connectivity index (χ0) is 20.7. The van der Waals surface area contributed by atoms with E-state index in [1.807, 2.05) is 59.5 Å². The summed E-state index contributed by atoms with van der Waals surface area (Å²) in [5.74, 6) is 0.0291. The number of benzene rings is 2. The molecule has 3 heterocycles. The Morgan fingerprint density at radius 1 is 0.900 bits per heavy atom. The molecule has 0 N–H and O–H groups in total. The van der Waals surface area contributed by atoms with E-state index in [-0.39, 0.29) is 24.2 Å². The van der Waals surface area contributed by atoms with Crippen molar-refractivity contribution >= 4 is 23.5 Å². The summed E-state index contributed by atoms with van der Waals surface area (Å²) in [6.07, 6.45) is 3.02. The fourth-order valence-corrected chi connectivity index (χ4v) is 4.90. The summed E-state index contributed by atoms with van der Waals surface area (Å²) < 4.78 is 0. The second-order valence-electron chi connectivity index (χ2n) is 8.07. The third-order valence-electron chi connectivity index (χ3n) is 6.21. The van der Waals surface area contributed by atoms with Crippen molar-refractivity contribution in [3.05, 3.63) is 70.7 Å². The third kappa shape index (κ3) is 3.55. The molecule has 3 amide bonds. The Morgan fingerprint density at radius 3 is 2.43 bits per heavy atom. The molecule has 0 saturated carbocycles. The van der Waals surface area contributed by atoms with Crippen LogP contribution in [0.1, 0.15) is 49.1 Å². The van der Waals surface area contributed by atoms with Crippen molar-refractivity contribution in [2.75, 3.05) is 13.1 Å². The number of hydrogen-bond donors (Lipinski definition) is 0. The number of nitrogens with zero attached hydrogens (tertiary/aromatic N) is 3. The Labute approximate surface area is 180 Å². The number of amides is 3. The zero-order valence-corrected chi connectivity index (χ0v) is 17.4. The first-order valence-electron chi connectivity index (χ1n) is 10.5. The lowest BCUT2D eigenvalue weighted by Crippen LogP contribution is -2.48. The summed E-state index contributed by atoms with van der Waals surface area (Å²) in [5, 5.41) is 2.05. The van der Waals surface area contributed by atoms with Gasteiger partial charge in [-0.2, -0.15) is 5.06 Å². The lowest BCUT2D eigenvalue weighted by molar-refractivity contribution is -0.136. The van der Waals surface area contributed by atoms with Gasteiger partial charge in [0.2, 0.25) is 12.1 Å². The van der Waals surface area contributed by atoms with Crippen LogP contribution in [-0.4, -0.2) is 45.9 Å². The molecule has 3 unspecified atom stereocenters. The molecule has 3 aliphatic heterocycles. The summed E-state index contributed by atoms with van der Waals surface area (Å²) in [6.45, 7) is 1.29. The van der Waals surface area contributed by atoms with E-state index in [0.29, 0.717) is 24.5 Å². The van der Waals surface area contributed by atoms with E-state index in [4.69, 9.17) is 16.4 Å². The van der Waals surface area contributed by atoms with E-state index >= 15 is 0 Å². The van der Waals surface area contributed by atoms with Crippen molar-refractivity contribution in [1.29, 1.82) is 0 Å². The molecular formula is C23H24ClN3O3. The average Bonchev–Trinajstić information content (AvgIpc) is 3.18. The van der Waals surface area contributed by atoms with Gasteiger partial charge in [-0.1, -0.05) is 54.1 Å². The maximum absolute atomic E-state index is 13.5. The SMILES string of the molecule is O=C(C1CCCN1C(=O)N1OC1c1ccccc1)N1CCCC1c1cccc(Cl)c1. The number of rotatable bonds is 3. The molecule has 0 spiro atoms. The molecule has 3 saturated heterocycles. The van der Waals surface area contributed by atoms with Gasteiger partial charge in [0.25, 0.3) is 0 Å². The van der Waals surface area contributed by atoms with Gasteiger partial charge in [0.05, 0.1) is 6.04 Å². The largest absolute Gasteiger partial charge is 0.347 e. The molecule has 0 aliphatic carbocycles. The van der Waals surface area contributed by atoms with Crippen molar-refractivity contribution in [2.45, 2.75) is 44.0 Å². The molecule has 7 heteroatoms. The average molecular weight is 426 g/mol. The predicted octanol–water partition coefficient (Wildman–Crippen LogP) is 4.53. The highest BCUT2D eigenvalue weighted by molar-refractivity contribution is 6.30. The summed E-state index contributed by atoms with van der Waals surface area (Å²) in [7, 11) is 0. The molecule has 2 aromatic carbocycles. The van der Waals surface area contributed by atoms with Gasteiger partial charge in [-0.3, -0.25) is 4.79 Å². The van der Waals surface area contributed by atoms with Crippen LogP contribution in [-0.2, 0) is 9.63 Å². The summed E-state index contributed by atoms with van der Waals surface area (Å²) >= 11 is 6.17. The van der Waals surface area contributed by atoms with Crippen LogP contribution in [0.25, 0.3) is 0 Å². The van der Waals surface area contributed by atoms with Crippen molar-refractivity contribution in [3.63, 3.8) is 0 Å². The second-order valence-corrected chi connectivity index (χ2v) is 8.51. The standard InChI is InChI=1S/C23H24ClN3O3/c24-18-10-4-9-17(15-18)19-11-5-13-25(19)21(28)20-12-6-14-26(20)23(29)27-22(30-27)16-7-2-1-3-8-16/h1-4,7-10,15,19-20,22H,5-6,11-14H2. The lowest BCUT2D eigenvalue weighted by atomic mass is 10.0. The molecule has 0 aromatic heterocycles. The number of carbonyl (C=O) groups is 2. The van der Waals surface area contributed by atoms with E-state index in [2.05, 4.69) is 0 Å². The van der Waals surface area contributed by atoms with E-state index < -0.39 is 6.04 Å². The third-order valence-corrected chi connectivity index (χ3v) is 6.44. The molecular weight excluding hydrogens is 402 g/mol. The normalized spacial score (nSPS) is 25.6. The maximum Gasteiger partial charge on any atom is 0.347 e. The molecule has 5 rings (SSSR count). The Hall–Kier alpha value is -2.57. The first-order chi connectivity index (χ1) is 14.6. The van der Waals surface area contributed by atoms with Crippen molar-refractivity contribution in [2.24, 2.45) is 0 Å². The molecule has 3 aliphatic rings. The number of carbonyl (C=O) groups excluding carboxylic acids is 2. The van der Waals surface area contributed by atoms with Crippen LogP contribution in [0.5, 0.6) is 0 Å². The smallest absolute Gasteiger partial charge is 0.334 e. The minimum Gasteiger partial charge on any atom is -0.334 e. The van der Waals surface area contributed by atoms with E-state index in [0.717, 1.165) is 30.4 Å². The number of likely N-dealkylation sites (tertiary alicyclic amines) is 2. The van der Waals surface area contributed by atoms with Crippen molar-refractivity contribution < 1.29 is 14.4 Å². The van der Waals surface area contributed by atoms with Crippen LogP contribution >= 0.6 is 11.6 Å². The molecule has 0 radical (unpaired) electrons. The van der Waals surface area contributed by atoms with Crippen molar-refractivity contribution in [1.82, 2.24) is 14.9 Å². The van der Waals surface area contributed by atoms with Gasteiger partial charge in [-0.05, 0) is 43.4 Å². The quantitative estimate of drug-likeness (QED) is 0.678. The van der Waals surface area contributed by atoms with Crippen LogP contribution in [0, 0.1) is 0 Å². The second kappa shape index (κ2) is 7.93. The van der Waals surface area contributed by atoms with Gasteiger partial charge in [0.15, 0.2) is 0 Å². The number of urea groups is 1. The van der Waals surface area contributed by atoms with E-state index in [1.165, 1.54) is 5.06 Å². The van der Waals surface area contributed by atoms with Gasteiger partial charge in [-0.25, -0.2) is 9.63 Å². The van der Waals surface area contributed by atoms with Crippen LogP contribution in [0.15, 0.2) is 54.6 Å². The molecule has 0 bridgehead atoms. The molecule has 6 nitrogen and oxygen atoms in total. The Balaban J connectivity index is 1.30. The molecule has 156 valence electrons. The van der Waals surface area contributed by atoms with E-state index in [1.54, 1.807) is 4.90 Å². The minimum atomic E-state index is -0.432. The van der Waals surface area contributed by atoms with Crippen LogP contribution < -0.4 is 0 Å². The number of hydroxylamine groups is 2. The van der Waals surface area contributed by atoms with Crippen LogP contribution in [0.4, 0.5) is 4.79 Å². The van der Waals surface area contributed by atoms with Crippen molar-refractivity contribution in [3.8, 4) is 0 Å². The lowest BCUT2D eigenvalue weighted by Gasteiger charge is -2.31. The Bertz CT molecular complexity index is 954. The Morgan fingerprint density at radius 2 is 1.63 bits per heavy atom. The zero-order valence-electron chi connectivity index (χ0n) is 16.6. The van der Waals surface area contributed by atoms with Crippen LogP contribution in [0.2, 0.25) is 5.02 Å².